The summed E-state index contributed by atoms with van der Waals surface area (Å²) in [5.74, 6) is -2.31. The minimum Gasteiger partial charge on any atom is -0.508 e. The molecule has 6 N–H and O–H groups in total. The third-order valence-corrected chi connectivity index (χ3v) is 7.92. The molecule has 5 rings (SSSR count). The molecule has 11 nitrogen and oxygen atoms in total. The molecular formula is C30H35N5O6. The van der Waals surface area contributed by atoms with E-state index in [2.05, 4.69) is 20.9 Å². The van der Waals surface area contributed by atoms with Crippen molar-refractivity contribution < 1.29 is 29.4 Å². The summed E-state index contributed by atoms with van der Waals surface area (Å²) in [6.07, 6.45) is 4.49. The molecule has 11 heteroatoms. The van der Waals surface area contributed by atoms with E-state index in [9.17, 15) is 29.4 Å². The molecule has 2 aromatic carbocycles. The highest BCUT2D eigenvalue weighted by Crippen LogP contribution is 2.23. The van der Waals surface area contributed by atoms with Gasteiger partial charge in [0.25, 0.3) is 0 Å². The summed E-state index contributed by atoms with van der Waals surface area (Å²) in [4.78, 5) is 57.0. The van der Waals surface area contributed by atoms with Gasteiger partial charge in [-0.3, -0.25) is 14.4 Å². The maximum absolute atomic E-state index is 13.8. The maximum atomic E-state index is 13.8. The van der Waals surface area contributed by atoms with Crippen LogP contribution in [-0.4, -0.2) is 81.0 Å². The number of aromatic hydroxyl groups is 1. The molecule has 3 aromatic rings. The molecule has 1 aromatic heterocycles. The summed E-state index contributed by atoms with van der Waals surface area (Å²) < 4.78 is 0. The Kier molecular flexibility index (Phi) is 8.53. The predicted molar refractivity (Wildman–Crippen MR) is 151 cm³/mol. The molecule has 2 saturated heterocycles. The fraction of sp³-hybridized carbons (Fsp3) is 0.400. The fourth-order valence-corrected chi connectivity index (χ4v) is 5.74. The quantitative estimate of drug-likeness (QED) is 0.218. The molecule has 0 aliphatic carbocycles. The standard InChI is InChI=1S/C30H35N5O6/c36-20-11-9-18(10-12-20)15-24(33-27(37)23-7-3-13-31-23)28(38)34-25(29(39)35-14-4-8-26(35)30(40)41)16-19-17-32-22-6-2-1-5-21(19)22/h1-2,5-6,9-12,17,23-26,31-32,36H,3-4,7-8,13-16H2,(H,33,37)(H,34,38)(H,40,41). The monoisotopic (exact) mass is 561 g/mol. The molecule has 0 bridgehead atoms. The molecule has 3 amide bonds. The molecule has 0 spiro atoms. The molecule has 2 aliphatic rings. The second-order valence-corrected chi connectivity index (χ2v) is 10.7. The second-order valence-electron chi connectivity index (χ2n) is 10.7. The first-order chi connectivity index (χ1) is 19.8. The number of rotatable bonds is 10. The van der Waals surface area contributed by atoms with Gasteiger partial charge < -0.3 is 36.0 Å². The fourth-order valence-electron chi connectivity index (χ4n) is 5.74. The van der Waals surface area contributed by atoms with Gasteiger partial charge in [-0.05, 0) is 61.6 Å². The van der Waals surface area contributed by atoms with Crippen molar-refractivity contribution in [2.45, 2.75) is 62.7 Å². The summed E-state index contributed by atoms with van der Waals surface area (Å²) in [6.45, 7) is 1.01. The van der Waals surface area contributed by atoms with Crippen molar-refractivity contribution in [3.63, 3.8) is 0 Å². The Hall–Kier alpha value is -4.38. The number of phenols is 1. The van der Waals surface area contributed by atoms with Gasteiger partial charge in [0.1, 0.15) is 23.9 Å². The van der Waals surface area contributed by atoms with Crippen LogP contribution in [0.15, 0.2) is 54.7 Å². The van der Waals surface area contributed by atoms with E-state index in [-0.39, 0.29) is 31.0 Å². The van der Waals surface area contributed by atoms with Gasteiger partial charge in [-0.2, -0.15) is 0 Å². The number of phenolic OH excluding ortho intramolecular Hbond substituents is 1. The SMILES string of the molecule is O=C(NC(Cc1ccc(O)cc1)C(=O)NC(Cc1c[nH]c2ccccc12)C(=O)N1CCCC1C(=O)O)C1CCCN1. The zero-order valence-electron chi connectivity index (χ0n) is 22.6. The smallest absolute Gasteiger partial charge is 0.326 e. The van der Waals surface area contributed by atoms with Crippen LogP contribution in [0.3, 0.4) is 0 Å². The van der Waals surface area contributed by atoms with E-state index < -0.39 is 42.0 Å². The van der Waals surface area contributed by atoms with Crippen LogP contribution in [0.2, 0.25) is 0 Å². The van der Waals surface area contributed by atoms with Crippen molar-refractivity contribution in [2.75, 3.05) is 13.1 Å². The van der Waals surface area contributed by atoms with Crippen LogP contribution in [0.25, 0.3) is 10.9 Å². The number of benzene rings is 2. The zero-order chi connectivity index (χ0) is 28.9. The highest BCUT2D eigenvalue weighted by molar-refractivity contribution is 5.95. The lowest BCUT2D eigenvalue weighted by atomic mass is 10.0. The van der Waals surface area contributed by atoms with E-state index in [4.69, 9.17) is 0 Å². The number of nitrogens with one attached hydrogen (secondary N) is 4. The molecule has 3 heterocycles. The van der Waals surface area contributed by atoms with Crippen LogP contribution < -0.4 is 16.0 Å². The summed E-state index contributed by atoms with van der Waals surface area (Å²) >= 11 is 0. The average Bonchev–Trinajstić information content (AvgIpc) is 3.75. The number of carboxylic acid groups (broad SMARTS) is 1. The van der Waals surface area contributed by atoms with Crippen LogP contribution in [0.1, 0.15) is 36.8 Å². The summed E-state index contributed by atoms with van der Waals surface area (Å²) in [5.41, 5.74) is 2.40. The predicted octanol–water partition coefficient (Wildman–Crippen LogP) is 1.46. The van der Waals surface area contributed by atoms with Crippen LogP contribution >= 0.6 is 0 Å². The van der Waals surface area contributed by atoms with Crippen molar-refractivity contribution in [2.24, 2.45) is 0 Å². The first-order valence-electron chi connectivity index (χ1n) is 14.0. The Morgan fingerprint density at radius 1 is 0.951 bits per heavy atom. The van der Waals surface area contributed by atoms with E-state index in [1.807, 2.05) is 24.3 Å². The van der Waals surface area contributed by atoms with Gasteiger partial charge in [-0.1, -0.05) is 30.3 Å². The van der Waals surface area contributed by atoms with Gasteiger partial charge in [0.05, 0.1) is 6.04 Å². The third-order valence-electron chi connectivity index (χ3n) is 7.92. The molecule has 4 unspecified atom stereocenters. The Labute approximate surface area is 237 Å². The van der Waals surface area contributed by atoms with E-state index in [0.717, 1.165) is 22.9 Å². The molecule has 4 atom stereocenters. The first kappa shape index (κ1) is 28.2. The van der Waals surface area contributed by atoms with E-state index in [1.165, 1.54) is 17.0 Å². The van der Waals surface area contributed by atoms with Crippen LogP contribution in [0.5, 0.6) is 5.75 Å². The van der Waals surface area contributed by atoms with Crippen LogP contribution in [0, 0.1) is 0 Å². The Morgan fingerprint density at radius 2 is 1.73 bits per heavy atom. The lowest BCUT2D eigenvalue weighted by Gasteiger charge is -2.29. The van der Waals surface area contributed by atoms with Gasteiger partial charge in [-0.15, -0.1) is 0 Å². The number of hydrogen-bond donors (Lipinski definition) is 6. The average molecular weight is 562 g/mol. The lowest BCUT2D eigenvalue weighted by molar-refractivity contribution is -0.149. The number of amides is 3. The van der Waals surface area contributed by atoms with Crippen LogP contribution in [0.4, 0.5) is 0 Å². The van der Waals surface area contributed by atoms with Crippen LogP contribution in [-0.2, 0) is 32.0 Å². The molecule has 0 saturated carbocycles. The van der Waals surface area contributed by atoms with Gasteiger partial charge in [0, 0.05) is 36.5 Å². The molecule has 216 valence electrons. The Morgan fingerprint density at radius 3 is 2.46 bits per heavy atom. The van der Waals surface area contributed by atoms with Crippen molar-refractivity contribution in [1.82, 2.24) is 25.8 Å². The van der Waals surface area contributed by atoms with E-state index >= 15 is 0 Å². The van der Waals surface area contributed by atoms with Gasteiger partial charge >= 0.3 is 5.97 Å². The summed E-state index contributed by atoms with van der Waals surface area (Å²) in [6, 6.07) is 10.6. The maximum Gasteiger partial charge on any atom is 0.326 e. The number of aliphatic carboxylic acids is 1. The number of likely N-dealkylation sites (tertiary alicyclic amines) is 1. The van der Waals surface area contributed by atoms with Crippen molar-refractivity contribution in [1.29, 1.82) is 0 Å². The number of aromatic amines is 1. The highest BCUT2D eigenvalue weighted by Gasteiger charge is 2.39. The number of para-hydroxylation sites is 1. The number of aromatic nitrogens is 1. The van der Waals surface area contributed by atoms with Crippen molar-refractivity contribution in [3.05, 3.63) is 65.9 Å². The number of carbonyl (C=O) groups excluding carboxylic acids is 3. The largest absolute Gasteiger partial charge is 0.508 e. The zero-order valence-corrected chi connectivity index (χ0v) is 22.6. The summed E-state index contributed by atoms with van der Waals surface area (Å²) in [7, 11) is 0. The Bertz CT molecular complexity index is 1410. The minimum absolute atomic E-state index is 0.0805. The first-order valence-corrected chi connectivity index (χ1v) is 14.0. The molecule has 2 fully saturated rings. The summed E-state index contributed by atoms with van der Waals surface area (Å²) in [5, 5.41) is 29.1. The van der Waals surface area contributed by atoms with Crippen molar-refractivity contribution in [3.8, 4) is 5.75 Å². The molecule has 0 radical (unpaired) electrons. The third kappa shape index (κ3) is 6.51. The number of carbonyl (C=O) groups is 4. The number of nitrogens with zero attached hydrogens (tertiary/aromatic N) is 1. The lowest BCUT2D eigenvalue weighted by Crippen LogP contribution is -2.58. The number of hydrogen-bond acceptors (Lipinski definition) is 6. The minimum atomic E-state index is -1.07. The molecule has 41 heavy (non-hydrogen) atoms. The molecule has 2 aliphatic heterocycles. The number of H-pyrrole nitrogens is 1. The normalized spacial score (nSPS) is 20.0. The highest BCUT2D eigenvalue weighted by atomic mass is 16.4. The topological polar surface area (TPSA) is 164 Å². The van der Waals surface area contributed by atoms with E-state index in [1.54, 1.807) is 18.3 Å². The van der Waals surface area contributed by atoms with Crippen molar-refractivity contribution >= 4 is 34.6 Å². The van der Waals surface area contributed by atoms with Gasteiger partial charge in [0.15, 0.2) is 0 Å². The van der Waals surface area contributed by atoms with E-state index in [0.29, 0.717) is 31.4 Å². The second kappa shape index (κ2) is 12.4. The van der Waals surface area contributed by atoms with Gasteiger partial charge in [0.2, 0.25) is 17.7 Å². The molecular weight excluding hydrogens is 526 g/mol. The Balaban J connectivity index is 1.41. The number of carboxylic acids is 1. The number of fused-ring (bicyclic) bond motifs is 1. The van der Waals surface area contributed by atoms with Gasteiger partial charge in [-0.25, -0.2) is 4.79 Å².